The van der Waals surface area contributed by atoms with E-state index < -0.39 is 0 Å². The highest BCUT2D eigenvalue weighted by atomic mass is 16.5. The first kappa shape index (κ1) is 16.0. The van der Waals surface area contributed by atoms with Gasteiger partial charge in [-0.25, -0.2) is 9.97 Å². The Bertz CT molecular complexity index is 420. The molecule has 0 aliphatic heterocycles. The molecule has 0 aromatic carbocycles. The quantitative estimate of drug-likeness (QED) is 0.748. The van der Waals surface area contributed by atoms with E-state index >= 15 is 0 Å². The van der Waals surface area contributed by atoms with Crippen LogP contribution in [-0.4, -0.2) is 41.4 Å². The highest BCUT2D eigenvalue weighted by Gasteiger charge is 2.18. The Hall–Kier alpha value is -1.40. The second-order valence-electron chi connectivity index (χ2n) is 5.74. The average molecular weight is 294 g/mol. The van der Waals surface area contributed by atoms with E-state index in [9.17, 15) is 0 Å². The molecule has 3 N–H and O–H groups in total. The summed E-state index contributed by atoms with van der Waals surface area (Å²) in [6.07, 6.45) is 6.25. The van der Waals surface area contributed by atoms with E-state index in [1.807, 2.05) is 13.8 Å². The molecule has 6 nitrogen and oxygen atoms in total. The van der Waals surface area contributed by atoms with Crippen molar-refractivity contribution in [2.24, 2.45) is 5.73 Å². The summed E-state index contributed by atoms with van der Waals surface area (Å²) in [6.45, 7) is 5.34. The molecule has 6 heteroatoms. The third-order valence-electron chi connectivity index (χ3n) is 3.48. The molecule has 1 aliphatic rings. The van der Waals surface area contributed by atoms with Crippen molar-refractivity contribution in [2.45, 2.75) is 57.8 Å². The van der Waals surface area contributed by atoms with Gasteiger partial charge in [0.2, 0.25) is 5.88 Å². The highest BCUT2D eigenvalue weighted by molar-refractivity contribution is 5.36. The molecular weight excluding hydrogens is 268 g/mol. The zero-order valence-electron chi connectivity index (χ0n) is 12.9. The lowest BCUT2D eigenvalue weighted by atomic mass is 9.94. The van der Waals surface area contributed by atoms with Gasteiger partial charge in [-0.3, -0.25) is 0 Å². The fourth-order valence-corrected chi connectivity index (χ4v) is 2.40. The molecule has 1 fully saturated rings. The molecule has 1 aromatic rings. The topological polar surface area (TPSA) is 82.3 Å². The smallest absolute Gasteiger partial charge is 0.218 e. The Labute approximate surface area is 126 Å². The number of anilines is 1. The Morgan fingerprint density at radius 3 is 2.76 bits per heavy atom. The molecule has 0 bridgehead atoms. The monoisotopic (exact) mass is 294 g/mol. The minimum absolute atomic E-state index is 0.105. The van der Waals surface area contributed by atoms with Gasteiger partial charge in [0.25, 0.3) is 0 Å². The molecule has 0 amide bonds. The fraction of sp³-hybridized carbons (Fsp3) is 0.733. The fourth-order valence-electron chi connectivity index (χ4n) is 2.40. The second kappa shape index (κ2) is 8.14. The maximum atomic E-state index is 5.88. The van der Waals surface area contributed by atoms with Gasteiger partial charge in [0.05, 0.1) is 18.8 Å². The van der Waals surface area contributed by atoms with Crippen LogP contribution in [0.4, 0.5) is 5.82 Å². The van der Waals surface area contributed by atoms with Crippen LogP contribution >= 0.6 is 0 Å². The van der Waals surface area contributed by atoms with Crippen molar-refractivity contribution in [3.05, 3.63) is 12.4 Å². The molecule has 0 radical (unpaired) electrons. The number of rotatable bonds is 7. The van der Waals surface area contributed by atoms with Crippen molar-refractivity contribution in [1.29, 1.82) is 0 Å². The summed E-state index contributed by atoms with van der Waals surface area (Å²) in [4.78, 5) is 8.24. The van der Waals surface area contributed by atoms with Crippen molar-refractivity contribution >= 4 is 5.82 Å². The predicted octanol–water partition coefficient (Wildman–Crippen LogP) is 1.96. The molecule has 0 spiro atoms. The molecule has 1 heterocycles. The summed E-state index contributed by atoms with van der Waals surface area (Å²) >= 11 is 0. The minimum Gasteiger partial charge on any atom is -0.475 e. The van der Waals surface area contributed by atoms with Gasteiger partial charge in [-0.15, -0.1) is 0 Å². The van der Waals surface area contributed by atoms with Crippen LogP contribution in [0.15, 0.2) is 12.4 Å². The van der Waals surface area contributed by atoms with E-state index in [1.54, 1.807) is 6.07 Å². The Kier molecular flexibility index (Phi) is 6.20. The molecular formula is C15H26N4O2. The van der Waals surface area contributed by atoms with Gasteiger partial charge >= 0.3 is 0 Å². The number of nitrogens with one attached hydrogen (secondary N) is 1. The Morgan fingerprint density at radius 2 is 2.05 bits per heavy atom. The van der Waals surface area contributed by atoms with Gasteiger partial charge < -0.3 is 20.5 Å². The van der Waals surface area contributed by atoms with Crippen LogP contribution in [0.3, 0.4) is 0 Å². The van der Waals surface area contributed by atoms with Gasteiger partial charge in [0, 0.05) is 18.7 Å². The second-order valence-corrected chi connectivity index (χ2v) is 5.74. The van der Waals surface area contributed by atoms with E-state index in [1.165, 1.54) is 6.33 Å². The lowest BCUT2D eigenvalue weighted by Crippen LogP contribution is -2.31. The van der Waals surface area contributed by atoms with Crippen LogP contribution in [0.2, 0.25) is 0 Å². The molecule has 21 heavy (non-hydrogen) atoms. The zero-order chi connectivity index (χ0) is 15.1. The van der Waals surface area contributed by atoms with E-state index in [-0.39, 0.29) is 6.10 Å². The summed E-state index contributed by atoms with van der Waals surface area (Å²) in [5.41, 5.74) is 5.88. The predicted molar refractivity (Wildman–Crippen MR) is 82.5 cm³/mol. The SMILES string of the molecule is CC(C)Oc1cc(NCCOC2CCC(N)CC2)ncn1. The lowest BCUT2D eigenvalue weighted by Gasteiger charge is -2.26. The summed E-state index contributed by atoms with van der Waals surface area (Å²) < 4.78 is 11.4. The highest BCUT2D eigenvalue weighted by Crippen LogP contribution is 2.19. The first-order chi connectivity index (χ1) is 10.1. The number of aromatic nitrogens is 2. The van der Waals surface area contributed by atoms with Crippen LogP contribution in [0, 0.1) is 0 Å². The summed E-state index contributed by atoms with van der Waals surface area (Å²) in [5.74, 6) is 1.35. The number of nitrogens with two attached hydrogens (primary N) is 1. The molecule has 1 aliphatic carbocycles. The normalized spacial score (nSPS) is 22.3. The molecule has 1 aromatic heterocycles. The third kappa shape index (κ3) is 5.85. The van der Waals surface area contributed by atoms with Crippen molar-refractivity contribution < 1.29 is 9.47 Å². The van der Waals surface area contributed by atoms with Crippen LogP contribution in [0.5, 0.6) is 5.88 Å². The van der Waals surface area contributed by atoms with E-state index in [4.69, 9.17) is 15.2 Å². The van der Waals surface area contributed by atoms with Crippen molar-refractivity contribution in [3.8, 4) is 5.88 Å². The minimum atomic E-state index is 0.105. The van der Waals surface area contributed by atoms with Crippen molar-refractivity contribution in [1.82, 2.24) is 9.97 Å². The number of nitrogens with zero attached hydrogens (tertiary/aromatic N) is 2. The largest absolute Gasteiger partial charge is 0.475 e. The molecule has 0 saturated heterocycles. The first-order valence-electron chi connectivity index (χ1n) is 7.73. The summed E-state index contributed by atoms with van der Waals surface area (Å²) in [6, 6.07) is 2.17. The number of hydrogen-bond donors (Lipinski definition) is 2. The molecule has 0 unspecified atom stereocenters. The standard InChI is InChI=1S/C15H26N4O2/c1-11(2)21-15-9-14(18-10-19-15)17-7-8-20-13-5-3-12(16)4-6-13/h9-13H,3-8,16H2,1-2H3,(H,17,18,19). The Morgan fingerprint density at radius 1 is 1.29 bits per heavy atom. The zero-order valence-corrected chi connectivity index (χ0v) is 12.9. The summed E-state index contributed by atoms with van der Waals surface area (Å²) in [5, 5.41) is 3.23. The van der Waals surface area contributed by atoms with Crippen LogP contribution < -0.4 is 15.8 Å². The molecule has 0 atom stereocenters. The molecule has 1 saturated carbocycles. The third-order valence-corrected chi connectivity index (χ3v) is 3.48. The maximum absolute atomic E-state index is 5.88. The first-order valence-corrected chi connectivity index (χ1v) is 7.73. The number of hydrogen-bond acceptors (Lipinski definition) is 6. The van der Waals surface area contributed by atoms with Gasteiger partial charge in [0.15, 0.2) is 0 Å². The van der Waals surface area contributed by atoms with E-state index in [0.29, 0.717) is 24.6 Å². The number of ether oxygens (including phenoxy) is 2. The van der Waals surface area contributed by atoms with Crippen LogP contribution in [0.25, 0.3) is 0 Å². The van der Waals surface area contributed by atoms with Crippen LogP contribution in [-0.2, 0) is 4.74 Å². The molecule has 2 rings (SSSR count). The lowest BCUT2D eigenvalue weighted by molar-refractivity contribution is 0.0313. The van der Waals surface area contributed by atoms with Crippen molar-refractivity contribution in [3.63, 3.8) is 0 Å². The van der Waals surface area contributed by atoms with Gasteiger partial charge in [-0.1, -0.05) is 0 Å². The average Bonchev–Trinajstić information content (AvgIpc) is 2.45. The maximum Gasteiger partial charge on any atom is 0.218 e. The van der Waals surface area contributed by atoms with Gasteiger partial charge in [-0.05, 0) is 39.5 Å². The summed E-state index contributed by atoms with van der Waals surface area (Å²) in [7, 11) is 0. The molecule has 118 valence electrons. The van der Waals surface area contributed by atoms with E-state index in [0.717, 1.165) is 38.0 Å². The van der Waals surface area contributed by atoms with E-state index in [2.05, 4.69) is 15.3 Å². The van der Waals surface area contributed by atoms with Crippen molar-refractivity contribution in [2.75, 3.05) is 18.5 Å². The Balaban J connectivity index is 1.66. The van der Waals surface area contributed by atoms with Crippen LogP contribution in [0.1, 0.15) is 39.5 Å². The van der Waals surface area contributed by atoms with Gasteiger partial charge in [0.1, 0.15) is 12.1 Å². The van der Waals surface area contributed by atoms with Gasteiger partial charge in [-0.2, -0.15) is 0 Å².